The van der Waals surface area contributed by atoms with Crippen molar-refractivity contribution in [3.05, 3.63) is 64.1 Å². The predicted molar refractivity (Wildman–Crippen MR) is 103 cm³/mol. The number of imidazole rings is 1. The lowest BCUT2D eigenvalue weighted by atomic mass is 9.98. The molecule has 2 amide bonds. The minimum atomic E-state index is -0.285. The standard InChI is InChI=1S/C20H20N4O3/c1-22-10-9-13-11-14(7-8-15(13)19(22)26)21-18(25)12-24-17-6-4-3-5-16(17)23(2)20(24)27/h3-8,11H,9-10,12H2,1-2H3,(H,21,25). The Labute approximate surface area is 155 Å². The first-order valence-corrected chi connectivity index (χ1v) is 8.78. The average Bonchev–Trinajstić information content (AvgIpc) is 2.90. The van der Waals surface area contributed by atoms with Gasteiger partial charge in [-0.25, -0.2) is 4.79 Å². The second-order valence-corrected chi connectivity index (χ2v) is 6.81. The van der Waals surface area contributed by atoms with Crippen molar-refractivity contribution in [3.8, 4) is 0 Å². The van der Waals surface area contributed by atoms with Crippen LogP contribution < -0.4 is 11.0 Å². The Morgan fingerprint density at radius 1 is 1.07 bits per heavy atom. The SMILES string of the molecule is CN1CCc2cc(NC(=O)Cn3c(=O)n(C)c4ccccc43)ccc2C1=O. The summed E-state index contributed by atoms with van der Waals surface area (Å²) in [4.78, 5) is 38.8. The number of hydrogen-bond acceptors (Lipinski definition) is 3. The number of para-hydroxylation sites is 2. The minimum Gasteiger partial charge on any atom is -0.341 e. The van der Waals surface area contributed by atoms with E-state index < -0.39 is 0 Å². The molecule has 0 aliphatic carbocycles. The summed E-state index contributed by atoms with van der Waals surface area (Å²) >= 11 is 0. The Morgan fingerprint density at radius 3 is 2.59 bits per heavy atom. The summed E-state index contributed by atoms with van der Waals surface area (Å²) in [5.74, 6) is -0.288. The summed E-state index contributed by atoms with van der Waals surface area (Å²) in [7, 11) is 3.47. The van der Waals surface area contributed by atoms with E-state index in [1.165, 1.54) is 9.13 Å². The van der Waals surface area contributed by atoms with Crippen molar-refractivity contribution in [3.63, 3.8) is 0 Å². The van der Waals surface area contributed by atoms with Crippen LogP contribution in [-0.2, 0) is 24.8 Å². The molecule has 1 aliphatic heterocycles. The third-order valence-corrected chi connectivity index (χ3v) is 5.04. The molecule has 7 heteroatoms. The molecule has 0 bridgehead atoms. The Balaban J connectivity index is 1.57. The van der Waals surface area contributed by atoms with Crippen LogP contribution in [0.2, 0.25) is 0 Å². The maximum Gasteiger partial charge on any atom is 0.329 e. The van der Waals surface area contributed by atoms with Crippen LogP contribution in [-0.4, -0.2) is 39.4 Å². The monoisotopic (exact) mass is 364 g/mol. The fourth-order valence-electron chi connectivity index (χ4n) is 3.54. The van der Waals surface area contributed by atoms with E-state index >= 15 is 0 Å². The highest BCUT2D eigenvalue weighted by Crippen LogP contribution is 2.22. The van der Waals surface area contributed by atoms with E-state index in [4.69, 9.17) is 0 Å². The van der Waals surface area contributed by atoms with Crippen LogP contribution in [0.1, 0.15) is 15.9 Å². The van der Waals surface area contributed by atoms with Gasteiger partial charge < -0.3 is 10.2 Å². The van der Waals surface area contributed by atoms with E-state index in [0.717, 1.165) is 23.0 Å². The lowest BCUT2D eigenvalue weighted by molar-refractivity contribution is -0.116. The van der Waals surface area contributed by atoms with Gasteiger partial charge in [-0.15, -0.1) is 0 Å². The summed E-state index contributed by atoms with van der Waals surface area (Å²) in [6, 6.07) is 12.7. The molecule has 138 valence electrons. The van der Waals surface area contributed by atoms with E-state index in [2.05, 4.69) is 5.32 Å². The van der Waals surface area contributed by atoms with Crippen LogP contribution in [0.3, 0.4) is 0 Å². The van der Waals surface area contributed by atoms with Gasteiger partial charge in [0.1, 0.15) is 6.54 Å². The fraction of sp³-hybridized carbons (Fsp3) is 0.250. The van der Waals surface area contributed by atoms with Crippen LogP contribution in [0.4, 0.5) is 5.69 Å². The van der Waals surface area contributed by atoms with E-state index in [-0.39, 0.29) is 24.0 Å². The zero-order valence-corrected chi connectivity index (χ0v) is 15.2. The van der Waals surface area contributed by atoms with Crippen molar-refractivity contribution < 1.29 is 9.59 Å². The van der Waals surface area contributed by atoms with Gasteiger partial charge in [-0.2, -0.15) is 0 Å². The fourth-order valence-corrected chi connectivity index (χ4v) is 3.54. The molecule has 4 rings (SSSR count). The van der Waals surface area contributed by atoms with Gasteiger partial charge in [-0.05, 0) is 42.3 Å². The second-order valence-electron chi connectivity index (χ2n) is 6.81. The van der Waals surface area contributed by atoms with Gasteiger partial charge in [-0.3, -0.25) is 18.7 Å². The van der Waals surface area contributed by atoms with Gasteiger partial charge in [0.25, 0.3) is 5.91 Å². The molecular weight excluding hydrogens is 344 g/mol. The molecule has 0 atom stereocenters. The van der Waals surface area contributed by atoms with Crippen LogP contribution in [0, 0.1) is 0 Å². The van der Waals surface area contributed by atoms with Crippen molar-refractivity contribution in [1.82, 2.24) is 14.0 Å². The molecule has 0 spiro atoms. The van der Waals surface area contributed by atoms with Gasteiger partial charge in [-0.1, -0.05) is 12.1 Å². The van der Waals surface area contributed by atoms with Crippen LogP contribution in [0.5, 0.6) is 0 Å². The lowest BCUT2D eigenvalue weighted by Crippen LogP contribution is -2.34. The molecule has 7 nitrogen and oxygen atoms in total. The second kappa shape index (κ2) is 6.42. The van der Waals surface area contributed by atoms with Crippen LogP contribution in [0.15, 0.2) is 47.3 Å². The smallest absolute Gasteiger partial charge is 0.329 e. The Morgan fingerprint density at radius 2 is 1.81 bits per heavy atom. The number of fused-ring (bicyclic) bond motifs is 2. The van der Waals surface area contributed by atoms with E-state index in [1.54, 1.807) is 31.1 Å². The molecule has 1 N–H and O–H groups in total. The van der Waals surface area contributed by atoms with Gasteiger partial charge in [0.2, 0.25) is 5.91 Å². The van der Waals surface area contributed by atoms with Crippen molar-refractivity contribution in [2.45, 2.75) is 13.0 Å². The molecule has 2 heterocycles. The van der Waals surface area contributed by atoms with Crippen molar-refractivity contribution in [2.75, 3.05) is 18.9 Å². The number of amides is 2. The number of nitrogens with zero attached hydrogens (tertiary/aromatic N) is 3. The van der Waals surface area contributed by atoms with Crippen LogP contribution in [0.25, 0.3) is 11.0 Å². The third-order valence-electron chi connectivity index (χ3n) is 5.04. The molecule has 0 radical (unpaired) electrons. The van der Waals surface area contributed by atoms with Gasteiger partial charge in [0.15, 0.2) is 0 Å². The zero-order chi connectivity index (χ0) is 19.1. The maximum atomic E-state index is 12.5. The molecule has 2 aromatic carbocycles. The highest BCUT2D eigenvalue weighted by atomic mass is 16.2. The number of aromatic nitrogens is 2. The molecule has 3 aromatic rings. The molecule has 0 fully saturated rings. The molecule has 27 heavy (non-hydrogen) atoms. The van der Waals surface area contributed by atoms with E-state index in [9.17, 15) is 14.4 Å². The number of carbonyl (C=O) groups is 2. The normalized spacial score (nSPS) is 13.7. The average molecular weight is 364 g/mol. The molecule has 0 saturated carbocycles. The zero-order valence-electron chi connectivity index (χ0n) is 15.2. The Hall–Kier alpha value is -3.35. The Bertz CT molecular complexity index is 1130. The number of hydrogen-bond donors (Lipinski definition) is 1. The quantitative estimate of drug-likeness (QED) is 0.767. The van der Waals surface area contributed by atoms with Crippen molar-refractivity contribution in [2.24, 2.45) is 7.05 Å². The summed E-state index contributed by atoms with van der Waals surface area (Å²) in [6.45, 7) is 0.591. The van der Waals surface area contributed by atoms with Crippen molar-refractivity contribution in [1.29, 1.82) is 0 Å². The summed E-state index contributed by atoms with van der Waals surface area (Å²) in [5.41, 5.74) is 3.51. The van der Waals surface area contributed by atoms with Crippen molar-refractivity contribution >= 4 is 28.5 Å². The predicted octanol–water partition coefficient (Wildman–Crippen LogP) is 1.61. The molecule has 1 aromatic heterocycles. The highest BCUT2D eigenvalue weighted by Gasteiger charge is 2.21. The molecule has 0 saturated heterocycles. The summed E-state index contributed by atoms with van der Waals surface area (Å²) in [6.07, 6.45) is 0.754. The molecule has 1 aliphatic rings. The van der Waals surface area contributed by atoms with E-state index in [1.807, 2.05) is 30.3 Å². The van der Waals surface area contributed by atoms with E-state index in [0.29, 0.717) is 17.8 Å². The summed E-state index contributed by atoms with van der Waals surface area (Å²) < 4.78 is 2.99. The number of benzene rings is 2. The largest absolute Gasteiger partial charge is 0.341 e. The molecular formula is C20H20N4O3. The first-order valence-electron chi connectivity index (χ1n) is 8.78. The maximum absolute atomic E-state index is 12.5. The van der Waals surface area contributed by atoms with Gasteiger partial charge >= 0.3 is 5.69 Å². The minimum absolute atomic E-state index is 0.00330. The number of aryl methyl sites for hydroxylation is 1. The number of rotatable bonds is 3. The van der Waals surface area contributed by atoms with Gasteiger partial charge in [0.05, 0.1) is 11.0 Å². The Kier molecular flexibility index (Phi) is 4.07. The lowest BCUT2D eigenvalue weighted by Gasteiger charge is -2.25. The molecule has 0 unspecified atom stereocenters. The number of nitrogens with one attached hydrogen (secondary N) is 1. The number of carbonyl (C=O) groups excluding carboxylic acids is 2. The number of likely N-dealkylation sites (N-methyl/N-ethyl adjacent to an activating group) is 1. The van der Waals surface area contributed by atoms with Crippen LogP contribution >= 0.6 is 0 Å². The van der Waals surface area contributed by atoms with Gasteiger partial charge in [0, 0.05) is 31.9 Å². The highest BCUT2D eigenvalue weighted by molar-refractivity contribution is 5.98. The first-order chi connectivity index (χ1) is 13.0. The third kappa shape index (κ3) is 2.91. The summed E-state index contributed by atoms with van der Waals surface area (Å²) in [5, 5.41) is 2.83. The number of anilines is 1. The topological polar surface area (TPSA) is 76.3 Å². The first kappa shape index (κ1) is 17.1.